The quantitative estimate of drug-likeness (QED) is 0.0487. The highest BCUT2D eigenvalue weighted by atomic mass is 33.1. The zero-order valence-electron chi connectivity index (χ0n) is 43.3. The number of benzene rings is 4. The Hall–Kier alpha value is -7.18. The molecule has 4 aromatic carbocycles. The van der Waals surface area contributed by atoms with E-state index in [1.54, 1.807) is 44.3 Å². The molecule has 77 heavy (non-hydrogen) atoms. The third kappa shape index (κ3) is 15.9. The van der Waals surface area contributed by atoms with Gasteiger partial charge in [-0.2, -0.15) is 0 Å². The number of carbonyl (C=O) groups excluding carboxylic acids is 8. The first-order chi connectivity index (χ1) is 36.7. The number of hydrogen-bond donors (Lipinski definition) is 13. The maximum absolute atomic E-state index is 14.9. The number of phenols is 1. The summed E-state index contributed by atoms with van der Waals surface area (Å²) in [6, 6.07) is 16.3. The lowest BCUT2D eigenvalue weighted by Gasteiger charge is -2.30. The smallest absolute Gasteiger partial charge is 0.245 e. The van der Waals surface area contributed by atoms with Crippen molar-refractivity contribution in [2.24, 2.45) is 23.1 Å². The van der Waals surface area contributed by atoms with E-state index < -0.39 is 107 Å². The van der Waals surface area contributed by atoms with Crippen LogP contribution in [-0.2, 0) is 56.7 Å². The van der Waals surface area contributed by atoms with Gasteiger partial charge in [0.1, 0.15) is 53.6 Å². The van der Waals surface area contributed by atoms with E-state index in [1.165, 1.54) is 26.0 Å². The molecule has 16 N–H and O–H groups in total. The van der Waals surface area contributed by atoms with Gasteiger partial charge in [0.25, 0.3) is 0 Å². The highest BCUT2D eigenvalue weighted by Gasteiger charge is 2.38. The minimum atomic E-state index is -1.71. The standard InChI is InChI=1S/C54H69N11O10S2/c1-29(2)44-52(74)62-42(51(73)65-45(30(3)66)46(56)68)27-76-77-28-43(63-53(75)54(4,57)35-19-18-32-11-5-6-12-33(32)24-35)50(72)60-40(23-31-16-20-36(67)21-17-31)48(70)61-41(25-34-26-58-38-14-8-7-13-37(34)38)49(71)59-39(47(69)64-44)15-9-10-22-55/h5-8,11-14,16-21,24,26,29-30,39-45,58,66-67H,9-10,15,22-23,25,27-28,55,57H2,1-4H3,(H2,56,68)(H,59,71)(H,60,72)(H,61,70)(H,62,74)(H,63,75)(H,64,69)(H,65,73)/t30-,39+,40+,41?,42?,43?,44?,45+,54+/m1/s1. The van der Waals surface area contributed by atoms with Crippen molar-refractivity contribution in [1.29, 1.82) is 0 Å². The average Bonchev–Trinajstić information content (AvgIpc) is 3.81. The fraction of sp³-hybridized carbons (Fsp3) is 0.407. The Morgan fingerprint density at radius 2 is 1.36 bits per heavy atom. The maximum atomic E-state index is 14.9. The first-order valence-electron chi connectivity index (χ1n) is 25.3. The second-order valence-electron chi connectivity index (χ2n) is 19.7. The molecule has 0 aliphatic carbocycles. The Morgan fingerprint density at radius 1 is 0.740 bits per heavy atom. The van der Waals surface area contributed by atoms with Crippen molar-refractivity contribution in [2.45, 2.75) is 114 Å². The van der Waals surface area contributed by atoms with Crippen molar-refractivity contribution >= 4 is 90.5 Å². The molecule has 1 aromatic heterocycles. The van der Waals surface area contributed by atoms with Crippen LogP contribution in [0, 0.1) is 5.92 Å². The Morgan fingerprint density at radius 3 is 2.04 bits per heavy atom. The molecule has 23 heteroatoms. The molecule has 412 valence electrons. The molecular formula is C54H69N11O10S2. The molecule has 1 aliphatic heterocycles. The van der Waals surface area contributed by atoms with E-state index in [4.69, 9.17) is 17.2 Å². The van der Waals surface area contributed by atoms with E-state index in [0.717, 1.165) is 43.3 Å². The number of aromatic hydroxyl groups is 1. The van der Waals surface area contributed by atoms with Gasteiger partial charge in [0, 0.05) is 41.4 Å². The average molecular weight is 1100 g/mol. The van der Waals surface area contributed by atoms with Crippen molar-refractivity contribution in [3.63, 3.8) is 0 Å². The Labute approximate surface area is 453 Å². The molecule has 1 fully saturated rings. The summed E-state index contributed by atoms with van der Waals surface area (Å²) in [6.45, 7) is 6.34. The van der Waals surface area contributed by atoms with Crippen molar-refractivity contribution in [3.8, 4) is 5.75 Å². The number of fused-ring (bicyclic) bond motifs is 2. The van der Waals surface area contributed by atoms with Gasteiger partial charge in [-0.05, 0) is 97.3 Å². The number of nitrogens with one attached hydrogen (secondary N) is 8. The van der Waals surface area contributed by atoms with Gasteiger partial charge in [0.15, 0.2) is 0 Å². The van der Waals surface area contributed by atoms with Crippen LogP contribution in [0.1, 0.15) is 63.6 Å². The number of rotatable bonds is 16. The van der Waals surface area contributed by atoms with Crippen LogP contribution < -0.4 is 54.4 Å². The van der Waals surface area contributed by atoms with Crippen molar-refractivity contribution in [1.82, 2.24) is 42.2 Å². The summed E-state index contributed by atoms with van der Waals surface area (Å²) in [5, 5.41) is 42.0. The molecular weight excluding hydrogens is 1030 g/mol. The Bertz CT molecular complexity index is 2920. The largest absolute Gasteiger partial charge is 0.508 e. The summed E-state index contributed by atoms with van der Waals surface area (Å²) >= 11 is 0. The van der Waals surface area contributed by atoms with Gasteiger partial charge >= 0.3 is 0 Å². The summed E-state index contributed by atoms with van der Waals surface area (Å²) in [5.41, 5.74) is 18.7. The monoisotopic (exact) mass is 1100 g/mol. The predicted octanol–water partition coefficient (Wildman–Crippen LogP) is 1.13. The lowest BCUT2D eigenvalue weighted by Crippen LogP contribution is -2.62. The van der Waals surface area contributed by atoms with Gasteiger partial charge in [0.2, 0.25) is 47.3 Å². The summed E-state index contributed by atoms with van der Waals surface area (Å²) in [7, 11) is 2.01. The zero-order chi connectivity index (χ0) is 56.0. The second-order valence-corrected chi connectivity index (χ2v) is 22.2. The summed E-state index contributed by atoms with van der Waals surface area (Å²) in [5.74, 6) is -7.81. The molecule has 8 amide bonds. The normalized spacial score (nSPS) is 22.1. The molecule has 21 nitrogen and oxygen atoms in total. The van der Waals surface area contributed by atoms with Gasteiger partial charge in [-0.1, -0.05) is 102 Å². The first-order valence-corrected chi connectivity index (χ1v) is 27.8. The van der Waals surface area contributed by atoms with E-state index in [9.17, 15) is 48.6 Å². The number of aliphatic hydroxyl groups excluding tert-OH is 1. The Kier molecular flexibility index (Phi) is 20.9. The number of para-hydroxylation sites is 1. The van der Waals surface area contributed by atoms with Crippen molar-refractivity contribution in [2.75, 3.05) is 18.1 Å². The fourth-order valence-electron chi connectivity index (χ4n) is 8.67. The number of aliphatic hydroxyl groups is 1. The molecule has 0 saturated carbocycles. The van der Waals surface area contributed by atoms with E-state index in [1.807, 2.05) is 54.6 Å². The molecule has 0 radical (unpaired) electrons. The topological polar surface area (TPSA) is 355 Å². The van der Waals surface area contributed by atoms with Crippen LogP contribution in [0.4, 0.5) is 0 Å². The number of aromatic nitrogens is 1. The van der Waals surface area contributed by atoms with Gasteiger partial charge in [-0.3, -0.25) is 38.4 Å². The maximum Gasteiger partial charge on any atom is 0.245 e. The third-order valence-corrected chi connectivity index (χ3v) is 15.7. The molecule has 5 aromatic rings. The summed E-state index contributed by atoms with van der Waals surface area (Å²) in [6.07, 6.45) is 0.928. The number of primary amides is 1. The number of unbranched alkanes of at least 4 members (excludes halogenated alkanes) is 1. The van der Waals surface area contributed by atoms with Crippen molar-refractivity contribution in [3.05, 3.63) is 114 Å². The minimum Gasteiger partial charge on any atom is -0.508 e. The van der Waals surface area contributed by atoms with Crippen LogP contribution in [0.3, 0.4) is 0 Å². The van der Waals surface area contributed by atoms with E-state index in [2.05, 4.69) is 42.2 Å². The van der Waals surface area contributed by atoms with Crippen LogP contribution in [0.2, 0.25) is 0 Å². The molecule has 0 bridgehead atoms. The molecule has 9 atom stereocenters. The van der Waals surface area contributed by atoms with Crippen LogP contribution in [0.5, 0.6) is 5.75 Å². The number of carbonyl (C=O) groups is 8. The number of nitrogens with two attached hydrogens (primary N) is 3. The van der Waals surface area contributed by atoms with E-state index >= 15 is 0 Å². The van der Waals surface area contributed by atoms with Gasteiger partial charge in [0.05, 0.1) is 6.10 Å². The minimum absolute atomic E-state index is 0.0536. The summed E-state index contributed by atoms with van der Waals surface area (Å²) in [4.78, 5) is 117. The van der Waals surface area contributed by atoms with E-state index in [0.29, 0.717) is 29.5 Å². The molecule has 2 heterocycles. The highest BCUT2D eigenvalue weighted by Crippen LogP contribution is 2.27. The highest BCUT2D eigenvalue weighted by molar-refractivity contribution is 8.76. The SMILES string of the molecule is CC(C)C1NC(=O)[C@H](CCCCN)NC(=O)C(Cc2c[nH]c3ccccc23)NC(=O)[C@H](Cc2ccc(O)cc2)NC(=O)C(NC(=O)[C@@](C)(N)c2ccc3ccccc3c2)CSSCC(C(=O)N[C@H](C(N)=O)[C@@H](C)O)NC1=O. The Balaban J connectivity index is 1.43. The molecule has 4 unspecified atom stereocenters. The number of H-pyrrole nitrogens is 1. The van der Waals surface area contributed by atoms with E-state index in [-0.39, 0.29) is 43.1 Å². The molecule has 6 rings (SSSR count). The predicted molar refractivity (Wildman–Crippen MR) is 296 cm³/mol. The van der Waals surface area contributed by atoms with Crippen LogP contribution in [0.25, 0.3) is 21.7 Å². The van der Waals surface area contributed by atoms with Crippen LogP contribution in [0.15, 0.2) is 97.2 Å². The first kappa shape index (κ1) is 59.1. The number of hydrogen-bond acceptors (Lipinski definition) is 14. The fourth-order valence-corrected chi connectivity index (χ4v) is 11.0. The lowest BCUT2D eigenvalue weighted by molar-refractivity contribution is -0.136. The molecule has 1 aliphatic rings. The van der Waals surface area contributed by atoms with Crippen LogP contribution in [-0.4, -0.2) is 129 Å². The van der Waals surface area contributed by atoms with Gasteiger partial charge in [-0.25, -0.2) is 0 Å². The second kappa shape index (κ2) is 27.2. The molecule has 1 saturated heterocycles. The number of phenolic OH excluding ortho intramolecular Hbond substituents is 1. The lowest BCUT2D eigenvalue weighted by atomic mass is 9.90. The van der Waals surface area contributed by atoms with Crippen LogP contribution >= 0.6 is 21.6 Å². The third-order valence-electron chi connectivity index (χ3n) is 13.3. The number of amides is 8. The van der Waals surface area contributed by atoms with Gasteiger partial charge in [-0.15, -0.1) is 0 Å². The zero-order valence-corrected chi connectivity index (χ0v) is 44.9. The number of aromatic amines is 1. The van der Waals surface area contributed by atoms with Crippen molar-refractivity contribution < 1.29 is 48.6 Å². The molecule has 0 spiro atoms. The van der Waals surface area contributed by atoms with Gasteiger partial charge < -0.3 is 69.6 Å². The summed E-state index contributed by atoms with van der Waals surface area (Å²) < 4.78 is 0.